The first kappa shape index (κ1) is 9.08. The molecule has 0 bridgehead atoms. The van der Waals surface area contributed by atoms with E-state index in [2.05, 4.69) is 19.9 Å². The highest BCUT2D eigenvalue weighted by atomic mass is 16.3. The topological polar surface area (TPSA) is 67.6 Å². The first-order valence-corrected chi connectivity index (χ1v) is 5.09. The molecule has 0 aliphatic heterocycles. The van der Waals surface area contributed by atoms with Gasteiger partial charge in [0.05, 0.1) is 18.3 Å². The minimum Gasteiger partial charge on any atom is -0.469 e. The summed E-state index contributed by atoms with van der Waals surface area (Å²) >= 11 is 0. The fraction of sp³-hybridized carbons (Fsp3) is 0.182. The van der Waals surface area contributed by atoms with Crippen LogP contribution in [0.2, 0.25) is 0 Å². The fourth-order valence-electron chi connectivity index (χ4n) is 1.69. The van der Waals surface area contributed by atoms with Crippen LogP contribution in [0.5, 0.6) is 0 Å². The van der Waals surface area contributed by atoms with Crippen molar-refractivity contribution in [1.29, 1.82) is 0 Å². The first-order chi connectivity index (χ1) is 7.93. The molecule has 80 valence electrons. The number of imidazole rings is 1. The van der Waals surface area contributed by atoms with Crippen LogP contribution in [0.25, 0.3) is 11.2 Å². The van der Waals surface area contributed by atoms with Crippen molar-refractivity contribution < 1.29 is 4.42 Å². The van der Waals surface area contributed by atoms with Gasteiger partial charge in [-0.15, -0.1) is 0 Å². The third-order valence-electron chi connectivity index (χ3n) is 2.48. The van der Waals surface area contributed by atoms with E-state index in [0.29, 0.717) is 0 Å². The molecule has 0 aliphatic carbocycles. The van der Waals surface area contributed by atoms with E-state index in [1.54, 1.807) is 18.9 Å². The Balaban J connectivity index is 1.86. The molecule has 0 aromatic carbocycles. The third kappa shape index (κ3) is 1.56. The molecular weight excluding hydrogens is 204 g/mol. The molecule has 3 heterocycles. The second-order valence-electron chi connectivity index (χ2n) is 3.50. The van der Waals surface area contributed by atoms with E-state index in [-0.39, 0.29) is 0 Å². The molecule has 0 amide bonds. The molecule has 5 nitrogen and oxygen atoms in total. The highest BCUT2D eigenvalue weighted by Crippen LogP contribution is 2.12. The van der Waals surface area contributed by atoms with Gasteiger partial charge in [0.15, 0.2) is 5.65 Å². The van der Waals surface area contributed by atoms with E-state index >= 15 is 0 Å². The molecule has 5 heteroatoms. The fourth-order valence-corrected chi connectivity index (χ4v) is 1.69. The van der Waals surface area contributed by atoms with Gasteiger partial charge in [0.2, 0.25) is 0 Å². The third-order valence-corrected chi connectivity index (χ3v) is 2.48. The van der Waals surface area contributed by atoms with Crippen molar-refractivity contribution in [3.8, 4) is 0 Å². The number of nitrogens with one attached hydrogen (secondary N) is 1. The summed E-state index contributed by atoms with van der Waals surface area (Å²) in [6.07, 6.45) is 6.50. The van der Waals surface area contributed by atoms with Crippen LogP contribution in [0.3, 0.4) is 0 Å². The van der Waals surface area contributed by atoms with Crippen LogP contribution in [0, 0.1) is 0 Å². The SMILES string of the molecule is c1coc(CCc2ncnc3[nH]cnc23)c1. The zero-order valence-corrected chi connectivity index (χ0v) is 8.55. The lowest BCUT2D eigenvalue weighted by Gasteiger charge is -1.98. The normalized spacial score (nSPS) is 11.0. The van der Waals surface area contributed by atoms with Gasteiger partial charge in [-0.25, -0.2) is 15.0 Å². The second-order valence-corrected chi connectivity index (χ2v) is 3.50. The van der Waals surface area contributed by atoms with Crippen molar-refractivity contribution in [2.24, 2.45) is 0 Å². The lowest BCUT2D eigenvalue weighted by atomic mass is 10.2. The van der Waals surface area contributed by atoms with Crippen molar-refractivity contribution in [3.63, 3.8) is 0 Å². The van der Waals surface area contributed by atoms with Gasteiger partial charge in [-0.05, 0) is 18.6 Å². The van der Waals surface area contributed by atoms with Gasteiger partial charge in [0.25, 0.3) is 0 Å². The van der Waals surface area contributed by atoms with Crippen molar-refractivity contribution >= 4 is 11.2 Å². The van der Waals surface area contributed by atoms with Gasteiger partial charge in [-0.2, -0.15) is 0 Å². The average Bonchev–Trinajstić information content (AvgIpc) is 2.97. The molecule has 0 unspecified atom stereocenters. The molecule has 3 aromatic rings. The molecular formula is C11H10N4O. The minimum absolute atomic E-state index is 0.782. The Labute approximate surface area is 91.6 Å². The van der Waals surface area contributed by atoms with Gasteiger partial charge < -0.3 is 9.40 Å². The molecule has 16 heavy (non-hydrogen) atoms. The smallest absolute Gasteiger partial charge is 0.160 e. The molecule has 0 radical (unpaired) electrons. The first-order valence-electron chi connectivity index (χ1n) is 5.09. The van der Waals surface area contributed by atoms with Gasteiger partial charge in [0, 0.05) is 6.42 Å². The highest BCUT2D eigenvalue weighted by Gasteiger charge is 2.06. The van der Waals surface area contributed by atoms with Crippen LogP contribution in [0.1, 0.15) is 11.5 Å². The monoisotopic (exact) mass is 214 g/mol. The zero-order chi connectivity index (χ0) is 10.8. The van der Waals surface area contributed by atoms with Gasteiger partial charge in [-0.3, -0.25) is 0 Å². The number of nitrogens with zero attached hydrogens (tertiary/aromatic N) is 3. The standard InChI is InChI=1S/C11H10N4O/c1-2-8(16-5-1)3-4-9-10-11(14-6-12-9)15-7-13-10/h1-2,5-7H,3-4H2,(H,12,13,14,15). The van der Waals surface area contributed by atoms with Crippen molar-refractivity contribution in [2.45, 2.75) is 12.8 Å². The van der Waals surface area contributed by atoms with Gasteiger partial charge >= 0.3 is 0 Å². The lowest BCUT2D eigenvalue weighted by Crippen LogP contribution is -1.96. The molecule has 0 aliphatic rings. The Morgan fingerprint density at radius 2 is 2.19 bits per heavy atom. The summed E-state index contributed by atoms with van der Waals surface area (Å²) in [5.74, 6) is 0.960. The Morgan fingerprint density at radius 3 is 3.06 bits per heavy atom. The van der Waals surface area contributed by atoms with Crippen LogP contribution in [-0.2, 0) is 12.8 Å². The lowest BCUT2D eigenvalue weighted by molar-refractivity contribution is 0.508. The maximum atomic E-state index is 5.28. The van der Waals surface area contributed by atoms with Crippen molar-refractivity contribution in [1.82, 2.24) is 19.9 Å². The number of aromatic nitrogens is 4. The number of aromatic amines is 1. The van der Waals surface area contributed by atoms with E-state index in [1.165, 1.54) is 0 Å². The predicted molar refractivity (Wildman–Crippen MR) is 57.8 cm³/mol. The summed E-state index contributed by atoms with van der Waals surface area (Å²) in [6, 6.07) is 3.85. The highest BCUT2D eigenvalue weighted by molar-refractivity contribution is 5.71. The maximum absolute atomic E-state index is 5.28. The Hall–Kier alpha value is -2.17. The summed E-state index contributed by atoms with van der Waals surface area (Å²) in [5, 5.41) is 0. The maximum Gasteiger partial charge on any atom is 0.160 e. The van der Waals surface area contributed by atoms with Crippen LogP contribution < -0.4 is 0 Å². The number of fused-ring (bicyclic) bond motifs is 1. The van der Waals surface area contributed by atoms with Crippen LogP contribution >= 0.6 is 0 Å². The molecule has 3 aromatic heterocycles. The molecule has 0 spiro atoms. The van der Waals surface area contributed by atoms with Gasteiger partial charge in [-0.1, -0.05) is 0 Å². The predicted octanol–water partition coefficient (Wildman–Crippen LogP) is 1.73. The molecule has 0 atom stereocenters. The summed E-state index contributed by atoms with van der Waals surface area (Å²) in [7, 11) is 0. The number of rotatable bonds is 3. The van der Waals surface area contributed by atoms with E-state index in [0.717, 1.165) is 35.5 Å². The molecule has 0 saturated heterocycles. The Kier molecular flexibility index (Phi) is 2.14. The van der Waals surface area contributed by atoms with Crippen LogP contribution in [-0.4, -0.2) is 19.9 Å². The van der Waals surface area contributed by atoms with E-state index in [9.17, 15) is 0 Å². The largest absolute Gasteiger partial charge is 0.469 e. The summed E-state index contributed by atoms with van der Waals surface area (Å²) in [6.45, 7) is 0. The Morgan fingerprint density at radius 1 is 1.19 bits per heavy atom. The molecule has 1 N–H and O–H groups in total. The number of H-pyrrole nitrogens is 1. The minimum atomic E-state index is 0.782. The zero-order valence-electron chi connectivity index (χ0n) is 8.55. The summed E-state index contributed by atoms with van der Waals surface area (Å²) < 4.78 is 5.28. The number of hydrogen-bond donors (Lipinski definition) is 1. The number of aryl methyl sites for hydroxylation is 2. The quantitative estimate of drug-likeness (QED) is 0.721. The van der Waals surface area contributed by atoms with E-state index in [1.807, 2.05) is 12.1 Å². The summed E-state index contributed by atoms with van der Waals surface area (Å²) in [4.78, 5) is 15.5. The summed E-state index contributed by atoms with van der Waals surface area (Å²) in [5.41, 5.74) is 2.57. The number of hydrogen-bond acceptors (Lipinski definition) is 4. The molecule has 3 rings (SSSR count). The van der Waals surface area contributed by atoms with E-state index < -0.39 is 0 Å². The average molecular weight is 214 g/mol. The van der Waals surface area contributed by atoms with Crippen molar-refractivity contribution in [3.05, 3.63) is 42.5 Å². The van der Waals surface area contributed by atoms with Crippen LogP contribution in [0.4, 0.5) is 0 Å². The second kappa shape index (κ2) is 3.77. The molecule has 0 fully saturated rings. The number of furan rings is 1. The van der Waals surface area contributed by atoms with Crippen LogP contribution in [0.15, 0.2) is 35.5 Å². The molecule has 0 saturated carbocycles. The van der Waals surface area contributed by atoms with Gasteiger partial charge in [0.1, 0.15) is 17.6 Å². The van der Waals surface area contributed by atoms with Crippen molar-refractivity contribution in [2.75, 3.05) is 0 Å². The van der Waals surface area contributed by atoms with E-state index in [4.69, 9.17) is 4.42 Å². The Bertz CT molecular complexity index is 585.